The summed E-state index contributed by atoms with van der Waals surface area (Å²) < 4.78 is 26.6. The van der Waals surface area contributed by atoms with Crippen LogP contribution in [0.1, 0.15) is 11.1 Å². The first kappa shape index (κ1) is 18.4. The average Bonchev–Trinajstić information content (AvgIpc) is 2.53. The molecular weight excluding hydrogens is 348 g/mol. The molecule has 0 saturated heterocycles. The largest absolute Gasteiger partial charge is 0.269 e. The fourth-order valence-corrected chi connectivity index (χ4v) is 4.06. The highest BCUT2D eigenvalue weighted by molar-refractivity contribution is 7.99. The van der Waals surface area contributed by atoms with Crippen molar-refractivity contribution in [2.45, 2.75) is 17.6 Å². The Morgan fingerprint density at radius 2 is 1.88 bits per heavy atom. The van der Waals surface area contributed by atoms with E-state index in [4.69, 9.17) is 0 Å². The fraction of sp³-hybridized carbons (Fsp3) is 0.250. The SMILES string of the molecule is Cc1ccc(SCCNS(=O)(=O)Cc2cccc([N+](=O)[O-])c2)cc1. The van der Waals surface area contributed by atoms with Crippen molar-refractivity contribution in [1.29, 1.82) is 0 Å². The summed E-state index contributed by atoms with van der Waals surface area (Å²) in [6.07, 6.45) is 0. The standard InChI is InChI=1S/C16H18N2O4S2/c1-13-5-7-16(8-6-13)23-10-9-17-24(21,22)12-14-3-2-4-15(11-14)18(19)20/h2-8,11,17H,9-10,12H2,1H3. The minimum absolute atomic E-state index is 0.113. The number of hydrogen-bond donors (Lipinski definition) is 1. The fourth-order valence-electron chi connectivity index (χ4n) is 2.03. The summed E-state index contributed by atoms with van der Waals surface area (Å²) >= 11 is 1.57. The molecule has 8 heteroatoms. The second-order valence-corrected chi connectivity index (χ2v) is 8.22. The molecule has 128 valence electrons. The quantitative estimate of drug-likeness (QED) is 0.336. The van der Waals surface area contributed by atoms with E-state index in [0.717, 1.165) is 4.90 Å². The van der Waals surface area contributed by atoms with E-state index in [9.17, 15) is 18.5 Å². The van der Waals surface area contributed by atoms with Gasteiger partial charge in [0.2, 0.25) is 10.0 Å². The molecule has 6 nitrogen and oxygen atoms in total. The molecule has 2 aromatic rings. The van der Waals surface area contributed by atoms with Crippen LogP contribution in [0.2, 0.25) is 0 Å². The first-order valence-corrected chi connectivity index (χ1v) is 9.90. The highest BCUT2D eigenvalue weighted by Gasteiger charge is 2.13. The number of sulfonamides is 1. The van der Waals surface area contributed by atoms with Crippen LogP contribution in [0.5, 0.6) is 0 Å². The molecule has 0 heterocycles. The monoisotopic (exact) mass is 366 g/mol. The van der Waals surface area contributed by atoms with Crippen molar-refractivity contribution in [2.24, 2.45) is 0 Å². The second kappa shape index (κ2) is 8.27. The van der Waals surface area contributed by atoms with E-state index >= 15 is 0 Å². The zero-order valence-electron chi connectivity index (χ0n) is 13.1. The van der Waals surface area contributed by atoms with Crippen molar-refractivity contribution in [2.75, 3.05) is 12.3 Å². The number of hydrogen-bond acceptors (Lipinski definition) is 5. The van der Waals surface area contributed by atoms with Gasteiger partial charge in [-0.25, -0.2) is 13.1 Å². The number of nitrogens with one attached hydrogen (secondary N) is 1. The number of thioether (sulfide) groups is 1. The number of non-ortho nitro benzene ring substituents is 1. The Morgan fingerprint density at radius 3 is 2.54 bits per heavy atom. The summed E-state index contributed by atoms with van der Waals surface area (Å²) in [5.41, 5.74) is 1.46. The maximum Gasteiger partial charge on any atom is 0.269 e. The molecule has 0 saturated carbocycles. The van der Waals surface area contributed by atoms with Crippen LogP contribution >= 0.6 is 11.8 Å². The molecule has 0 bridgehead atoms. The van der Waals surface area contributed by atoms with E-state index in [1.54, 1.807) is 17.8 Å². The van der Waals surface area contributed by atoms with Gasteiger partial charge in [-0.15, -0.1) is 11.8 Å². The van der Waals surface area contributed by atoms with Gasteiger partial charge in [0.05, 0.1) is 10.7 Å². The van der Waals surface area contributed by atoms with Gasteiger partial charge >= 0.3 is 0 Å². The summed E-state index contributed by atoms with van der Waals surface area (Å²) in [7, 11) is -3.52. The van der Waals surface area contributed by atoms with Gasteiger partial charge in [-0.2, -0.15) is 0 Å². The van der Waals surface area contributed by atoms with Gasteiger partial charge in [0, 0.05) is 29.3 Å². The Balaban J connectivity index is 1.84. The third-order valence-corrected chi connectivity index (χ3v) is 5.56. The van der Waals surface area contributed by atoms with Crippen molar-refractivity contribution in [3.05, 3.63) is 69.8 Å². The maximum absolute atomic E-state index is 12.0. The Bertz CT molecular complexity index is 805. The molecule has 2 aromatic carbocycles. The lowest BCUT2D eigenvalue weighted by atomic mass is 10.2. The smallest absolute Gasteiger partial charge is 0.258 e. The number of nitro benzene ring substituents is 1. The van der Waals surface area contributed by atoms with Gasteiger partial charge in [0.15, 0.2) is 0 Å². The van der Waals surface area contributed by atoms with Crippen LogP contribution in [0.15, 0.2) is 53.4 Å². The molecule has 0 unspecified atom stereocenters. The van der Waals surface area contributed by atoms with Gasteiger partial charge in [-0.3, -0.25) is 10.1 Å². The molecule has 0 aliphatic heterocycles. The molecule has 0 fully saturated rings. The number of aryl methyl sites for hydroxylation is 1. The molecule has 0 spiro atoms. The van der Waals surface area contributed by atoms with Gasteiger partial charge in [-0.05, 0) is 24.6 Å². The molecule has 1 N–H and O–H groups in total. The third kappa shape index (κ3) is 5.95. The number of nitro groups is 1. The lowest BCUT2D eigenvalue weighted by Gasteiger charge is -2.07. The lowest BCUT2D eigenvalue weighted by Crippen LogP contribution is -2.27. The van der Waals surface area contributed by atoms with E-state index in [1.165, 1.54) is 23.8 Å². The number of benzene rings is 2. The molecule has 2 rings (SSSR count). The minimum atomic E-state index is -3.52. The molecule has 0 aromatic heterocycles. The van der Waals surface area contributed by atoms with Crippen LogP contribution in [-0.4, -0.2) is 25.6 Å². The van der Waals surface area contributed by atoms with Crippen LogP contribution in [0.4, 0.5) is 5.69 Å². The van der Waals surface area contributed by atoms with Crippen LogP contribution in [0, 0.1) is 17.0 Å². The number of rotatable bonds is 8. The van der Waals surface area contributed by atoms with Crippen molar-refractivity contribution >= 4 is 27.5 Å². The third-order valence-electron chi connectivity index (χ3n) is 3.19. The molecule has 0 aliphatic rings. The van der Waals surface area contributed by atoms with Gasteiger partial charge in [0.1, 0.15) is 0 Å². The molecule has 0 atom stereocenters. The summed E-state index contributed by atoms with van der Waals surface area (Å²) in [6.45, 7) is 2.31. The van der Waals surface area contributed by atoms with E-state index in [1.807, 2.05) is 31.2 Å². The maximum atomic E-state index is 12.0. The van der Waals surface area contributed by atoms with Gasteiger partial charge in [0.25, 0.3) is 5.69 Å². The molecule has 0 aliphatic carbocycles. The predicted molar refractivity (Wildman–Crippen MR) is 95.6 cm³/mol. The predicted octanol–water partition coefficient (Wildman–Crippen LogP) is 3.11. The van der Waals surface area contributed by atoms with E-state index in [-0.39, 0.29) is 11.4 Å². The lowest BCUT2D eigenvalue weighted by molar-refractivity contribution is -0.384. The minimum Gasteiger partial charge on any atom is -0.258 e. The molecule has 0 amide bonds. The Morgan fingerprint density at radius 1 is 1.17 bits per heavy atom. The first-order chi connectivity index (χ1) is 11.4. The summed E-state index contributed by atoms with van der Waals surface area (Å²) in [5, 5.41) is 10.7. The Kier molecular flexibility index (Phi) is 6.36. The van der Waals surface area contributed by atoms with Crippen LogP contribution in [-0.2, 0) is 15.8 Å². The van der Waals surface area contributed by atoms with Crippen LogP contribution in [0.3, 0.4) is 0 Å². The molecular formula is C16H18N2O4S2. The second-order valence-electron chi connectivity index (χ2n) is 5.24. The summed E-state index contributed by atoms with van der Waals surface area (Å²) in [6, 6.07) is 13.7. The van der Waals surface area contributed by atoms with Crippen LogP contribution < -0.4 is 4.72 Å². The summed E-state index contributed by atoms with van der Waals surface area (Å²) in [4.78, 5) is 11.3. The Labute approximate surface area is 145 Å². The van der Waals surface area contributed by atoms with E-state index in [2.05, 4.69) is 4.72 Å². The first-order valence-electron chi connectivity index (χ1n) is 7.26. The molecule has 0 radical (unpaired) electrons. The zero-order valence-corrected chi connectivity index (χ0v) is 14.8. The average molecular weight is 366 g/mol. The van der Waals surface area contributed by atoms with Crippen molar-refractivity contribution in [3.8, 4) is 0 Å². The van der Waals surface area contributed by atoms with Gasteiger partial charge in [-0.1, -0.05) is 29.8 Å². The zero-order chi connectivity index (χ0) is 17.6. The van der Waals surface area contributed by atoms with Crippen molar-refractivity contribution in [1.82, 2.24) is 4.72 Å². The normalized spacial score (nSPS) is 11.4. The van der Waals surface area contributed by atoms with E-state index < -0.39 is 14.9 Å². The highest BCUT2D eigenvalue weighted by atomic mass is 32.2. The van der Waals surface area contributed by atoms with E-state index in [0.29, 0.717) is 17.9 Å². The topological polar surface area (TPSA) is 89.3 Å². The highest BCUT2D eigenvalue weighted by Crippen LogP contribution is 2.18. The van der Waals surface area contributed by atoms with Crippen LogP contribution in [0.25, 0.3) is 0 Å². The Hall–Kier alpha value is -1.90. The van der Waals surface area contributed by atoms with Crippen molar-refractivity contribution in [3.63, 3.8) is 0 Å². The summed E-state index contributed by atoms with van der Waals surface area (Å²) in [5.74, 6) is 0.334. The molecule has 24 heavy (non-hydrogen) atoms. The number of nitrogens with zero attached hydrogens (tertiary/aromatic N) is 1. The van der Waals surface area contributed by atoms with Gasteiger partial charge < -0.3 is 0 Å². The van der Waals surface area contributed by atoms with Crippen molar-refractivity contribution < 1.29 is 13.3 Å².